The minimum absolute atomic E-state index is 0.112. The number of Topliss-reactive ketones (excluding diaryl/α,β-unsaturated/α-hetero) is 2. The molecule has 0 aromatic heterocycles. The van der Waals surface area contributed by atoms with Gasteiger partial charge in [-0.3, -0.25) is 9.59 Å². The summed E-state index contributed by atoms with van der Waals surface area (Å²) in [7, 11) is 0. The average molecular weight is 375 g/mol. The Morgan fingerprint density at radius 1 is 0.964 bits per heavy atom. The number of allylic oxidation sites excluding steroid dienone is 2. The number of rotatable bonds is 4. The van der Waals surface area contributed by atoms with Crippen LogP contribution in [0.25, 0.3) is 0 Å². The van der Waals surface area contributed by atoms with Crippen LogP contribution in [-0.4, -0.2) is 40.5 Å². The molecule has 0 amide bonds. The first-order valence-electron chi connectivity index (χ1n) is 9.34. The molecule has 2 N–H and O–H groups in total. The van der Waals surface area contributed by atoms with Gasteiger partial charge in [-0.25, -0.2) is 0 Å². The quantitative estimate of drug-likeness (QED) is 0.484. The molecule has 0 spiro atoms. The molecule has 4 rings (SSSR count). The van der Waals surface area contributed by atoms with E-state index in [4.69, 9.17) is 5.21 Å². The first-order valence-corrected chi connectivity index (χ1v) is 9.34. The number of nitrogens with one attached hydrogen (secondary N) is 1. The number of hydrogen-bond donors (Lipinski definition) is 2. The fraction of sp³-hybridized carbons (Fsp3) is 0.227. The Labute approximate surface area is 163 Å². The molecule has 1 fully saturated rings. The largest absolute Gasteiger partial charge is 0.411 e. The number of ketones is 2. The number of oxime groups is 1. The Morgan fingerprint density at radius 3 is 2.18 bits per heavy atom. The van der Waals surface area contributed by atoms with Crippen molar-refractivity contribution in [3.63, 3.8) is 0 Å². The predicted octanol–water partition coefficient (Wildman–Crippen LogP) is 3.68. The lowest BCUT2D eigenvalue weighted by atomic mass is 9.89. The lowest BCUT2D eigenvalue weighted by Gasteiger charge is -2.28. The first kappa shape index (κ1) is 18.0. The van der Waals surface area contributed by atoms with E-state index in [1.807, 2.05) is 4.90 Å². The van der Waals surface area contributed by atoms with Gasteiger partial charge in [-0.05, 0) is 37.5 Å². The average Bonchev–Trinajstić information content (AvgIpc) is 3.26. The molecule has 0 unspecified atom stereocenters. The fourth-order valence-electron chi connectivity index (χ4n) is 3.72. The minimum Gasteiger partial charge on any atom is -0.411 e. The number of fused-ring (bicyclic) bond motifs is 1. The summed E-state index contributed by atoms with van der Waals surface area (Å²) < 4.78 is 0. The second-order valence-electron chi connectivity index (χ2n) is 7.01. The molecule has 2 aromatic rings. The van der Waals surface area contributed by atoms with Crippen molar-refractivity contribution in [2.75, 3.05) is 18.4 Å². The third-order valence-electron chi connectivity index (χ3n) is 5.24. The van der Waals surface area contributed by atoms with Crippen LogP contribution < -0.4 is 5.32 Å². The standard InChI is InChI=1S/C22H21N3O3/c1-14(24-28)15-8-10-16(11-9-15)23-19-20(25-12-4-5-13-25)22(27)18-7-3-2-6-17(18)21(19)26/h2-3,6-11,23,28H,4-5,12-13H2,1H3. The number of carbonyl (C=O) groups is 2. The summed E-state index contributed by atoms with van der Waals surface area (Å²) in [6.45, 7) is 3.25. The maximum absolute atomic E-state index is 13.2. The zero-order chi connectivity index (χ0) is 19.7. The van der Waals surface area contributed by atoms with Gasteiger partial charge in [-0.1, -0.05) is 41.6 Å². The molecule has 1 aliphatic heterocycles. The molecule has 0 saturated carbocycles. The van der Waals surface area contributed by atoms with Crippen molar-refractivity contribution in [2.45, 2.75) is 19.8 Å². The maximum Gasteiger partial charge on any atom is 0.212 e. The van der Waals surface area contributed by atoms with E-state index in [9.17, 15) is 9.59 Å². The highest BCUT2D eigenvalue weighted by atomic mass is 16.4. The van der Waals surface area contributed by atoms with Crippen molar-refractivity contribution in [3.8, 4) is 0 Å². The van der Waals surface area contributed by atoms with Gasteiger partial charge in [0.25, 0.3) is 0 Å². The van der Waals surface area contributed by atoms with Crippen LogP contribution in [0.2, 0.25) is 0 Å². The van der Waals surface area contributed by atoms with Crippen LogP contribution in [0.1, 0.15) is 46.0 Å². The van der Waals surface area contributed by atoms with Crippen LogP contribution in [0, 0.1) is 0 Å². The van der Waals surface area contributed by atoms with Gasteiger partial charge in [-0.15, -0.1) is 0 Å². The summed E-state index contributed by atoms with van der Waals surface area (Å²) in [4.78, 5) is 28.4. The Hall–Kier alpha value is -3.41. The molecule has 1 heterocycles. The number of anilines is 1. The van der Waals surface area contributed by atoms with Gasteiger partial charge in [0.1, 0.15) is 11.4 Å². The summed E-state index contributed by atoms with van der Waals surface area (Å²) in [5, 5.41) is 15.3. The Bertz CT molecular complexity index is 1000. The van der Waals surface area contributed by atoms with Crippen molar-refractivity contribution in [2.24, 2.45) is 5.16 Å². The molecular formula is C22H21N3O3. The van der Waals surface area contributed by atoms with Crippen LogP contribution in [0.5, 0.6) is 0 Å². The second-order valence-corrected chi connectivity index (χ2v) is 7.01. The second kappa shape index (κ2) is 7.31. The van der Waals surface area contributed by atoms with Gasteiger partial charge < -0.3 is 15.4 Å². The van der Waals surface area contributed by atoms with E-state index in [2.05, 4.69) is 10.5 Å². The van der Waals surface area contributed by atoms with E-state index in [0.29, 0.717) is 33.9 Å². The number of carbonyl (C=O) groups excluding carboxylic acids is 2. The highest BCUT2D eigenvalue weighted by molar-refractivity contribution is 6.27. The zero-order valence-corrected chi connectivity index (χ0v) is 15.6. The number of hydrogen-bond acceptors (Lipinski definition) is 6. The van der Waals surface area contributed by atoms with Crippen LogP contribution in [0.4, 0.5) is 5.69 Å². The van der Waals surface area contributed by atoms with Gasteiger partial charge in [0.2, 0.25) is 11.6 Å². The minimum atomic E-state index is -0.172. The number of nitrogens with zero attached hydrogens (tertiary/aromatic N) is 2. The van der Waals surface area contributed by atoms with E-state index in [1.54, 1.807) is 55.5 Å². The lowest BCUT2D eigenvalue weighted by Crippen LogP contribution is -2.35. The smallest absolute Gasteiger partial charge is 0.212 e. The maximum atomic E-state index is 13.2. The van der Waals surface area contributed by atoms with E-state index in [0.717, 1.165) is 31.5 Å². The number of benzene rings is 2. The van der Waals surface area contributed by atoms with Crippen molar-refractivity contribution in [3.05, 3.63) is 76.6 Å². The van der Waals surface area contributed by atoms with Crippen molar-refractivity contribution >= 4 is 23.0 Å². The Morgan fingerprint density at radius 2 is 1.57 bits per heavy atom. The van der Waals surface area contributed by atoms with Crippen LogP contribution in [0.3, 0.4) is 0 Å². The van der Waals surface area contributed by atoms with Gasteiger partial charge in [0.05, 0.1) is 5.71 Å². The van der Waals surface area contributed by atoms with Gasteiger partial charge in [-0.2, -0.15) is 0 Å². The van der Waals surface area contributed by atoms with E-state index >= 15 is 0 Å². The van der Waals surface area contributed by atoms with Crippen molar-refractivity contribution in [1.29, 1.82) is 0 Å². The molecule has 1 saturated heterocycles. The topological polar surface area (TPSA) is 82.0 Å². The Balaban J connectivity index is 1.75. The Kier molecular flexibility index (Phi) is 4.69. The summed E-state index contributed by atoms with van der Waals surface area (Å²) >= 11 is 0. The molecule has 0 bridgehead atoms. The third-order valence-corrected chi connectivity index (χ3v) is 5.24. The molecule has 6 nitrogen and oxygen atoms in total. The van der Waals surface area contributed by atoms with Crippen molar-refractivity contribution < 1.29 is 14.8 Å². The van der Waals surface area contributed by atoms with Crippen LogP contribution in [0.15, 0.2) is 65.1 Å². The highest BCUT2D eigenvalue weighted by Crippen LogP contribution is 2.31. The summed E-state index contributed by atoms with van der Waals surface area (Å²) in [5.74, 6) is -0.284. The molecule has 0 atom stereocenters. The molecule has 0 radical (unpaired) electrons. The van der Waals surface area contributed by atoms with Crippen molar-refractivity contribution in [1.82, 2.24) is 4.90 Å². The SMILES string of the molecule is CC(=NO)c1ccc(NC2=C(N3CCCC3)C(=O)c3ccccc3C2=O)cc1. The van der Waals surface area contributed by atoms with Gasteiger partial charge in [0.15, 0.2) is 0 Å². The zero-order valence-electron chi connectivity index (χ0n) is 15.6. The van der Waals surface area contributed by atoms with Gasteiger partial charge in [0, 0.05) is 29.9 Å². The first-order chi connectivity index (χ1) is 13.6. The fourth-order valence-corrected chi connectivity index (χ4v) is 3.72. The lowest BCUT2D eigenvalue weighted by molar-refractivity contribution is 0.0948. The molecule has 2 aliphatic rings. The van der Waals surface area contributed by atoms with E-state index < -0.39 is 0 Å². The molecule has 142 valence electrons. The van der Waals surface area contributed by atoms with E-state index in [-0.39, 0.29) is 11.6 Å². The molecule has 2 aromatic carbocycles. The predicted molar refractivity (Wildman–Crippen MR) is 107 cm³/mol. The summed E-state index contributed by atoms with van der Waals surface area (Å²) in [6, 6.07) is 14.2. The third kappa shape index (κ3) is 3.07. The monoisotopic (exact) mass is 375 g/mol. The summed E-state index contributed by atoms with van der Waals surface area (Å²) in [6.07, 6.45) is 2.02. The summed E-state index contributed by atoms with van der Waals surface area (Å²) in [5.41, 5.74) is 3.65. The highest BCUT2D eigenvalue weighted by Gasteiger charge is 2.36. The molecule has 1 aliphatic carbocycles. The van der Waals surface area contributed by atoms with Crippen LogP contribution >= 0.6 is 0 Å². The molecular weight excluding hydrogens is 354 g/mol. The van der Waals surface area contributed by atoms with Crippen LogP contribution in [-0.2, 0) is 0 Å². The molecule has 28 heavy (non-hydrogen) atoms. The molecule has 6 heteroatoms. The van der Waals surface area contributed by atoms with E-state index in [1.165, 1.54) is 0 Å². The van der Waals surface area contributed by atoms with Gasteiger partial charge >= 0.3 is 0 Å². The number of likely N-dealkylation sites (tertiary alicyclic amines) is 1. The normalized spacial score (nSPS) is 17.2.